The molecule has 2 aromatic rings. The SMILES string of the molecule is CSc1ccc(Oc2ccc(NS(=O)O)cc2CN(C)C)cc1. The van der Waals surface area contributed by atoms with Gasteiger partial charge in [0.15, 0.2) is 0 Å². The van der Waals surface area contributed by atoms with Gasteiger partial charge in [-0.3, -0.25) is 9.27 Å². The summed E-state index contributed by atoms with van der Waals surface area (Å²) < 4.78 is 28.3. The minimum Gasteiger partial charge on any atom is -0.457 e. The Balaban J connectivity index is 2.25. The molecule has 7 heteroatoms. The lowest BCUT2D eigenvalue weighted by Crippen LogP contribution is -2.12. The molecule has 5 nitrogen and oxygen atoms in total. The second-order valence-corrected chi connectivity index (χ2v) is 6.77. The molecule has 0 aromatic heterocycles. The molecule has 2 N–H and O–H groups in total. The van der Waals surface area contributed by atoms with E-state index in [0.29, 0.717) is 12.2 Å². The van der Waals surface area contributed by atoms with E-state index in [2.05, 4.69) is 4.72 Å². The van der Waals surface area contributed by atoms with Crippen LogP contribution in [-0.2, 0) is 17.8 Å². The van der Waals surface area contributed by atoms with E-state index in [1.807, 2.05) is 55.6 Å². The van der Waals surface area contributed by atoms with Crippen LogP contribution in [0.3, 0.4) is 0 Å². The molecule has 0 saturated carbocycles. The second kappa shape index (κ2) is 8.35. The van der Waals surface area contributed by atoms with Gasteiger partial charge in [-0.2, -0.15) is 0 Å². The average Bonchev–Trinajstić information content (AvgIpc) is 2.49. The van der Waals surface area contributed by atoms with Gasteiger partial charge in [-0.05, 0) is 62.8 Å². The third-order valence-electron chi connectivity index (χ3n) is 3.04. The zero-order chi connectivity index (χ0) is 16.8. The quantitative estimate of drug-likeness (QED) is 0.586. The van der Waals surface area contributed by atoms with E-state index in [-0.39, 0.29) is 0 Å². The Kier molecular flexibility index (Phi) is 6.47. The van der Waals surface area contributed by atoms with Crippen LogP contribution in [0.15, 0.2) is 47.4 Å². The van der Waals surface area contributed by atoms with Gasteiger partial charge in [0.05, 0.1) is 0 Å². The zero-order valence-corrected chi connectivity index (χ0v) is 14.9. The van der Waals surface area contributed by atoms with Gasteiger partial charge in [-0.25, -0.2) is 4.21 Å². The Morgan fingerprint density at radius 2 is 1.91 bits per heavy atom. The summed E-state index contributed by atoms with van der Waals surface area (Å²) in [7, 11) is 3.92. The molecule has 2 rings (SSSR count). The third kappa shape index (κ3) is 5.54. The maximum Gasteiger partial charge on any atom is 0.259 e. The van der Waals surface area contributed by atoms with Gasteiger partial charge in [0.1, 0.15) is 11.5 Å². The highest BCUT2D eigenvalue weighted by atomic mass is 32.2. The van der Waals surface area contributed by atoms with Gasteiger partial charge in [-0.1, -0.05) is 0 Å². The molecule has 1 atom stereocenters. The van der Waals surface area contributed by atoms with Crippen LogP contribution in [-0.4, -0.2) is 34.0 Å². The maximum absolute atomic E-state index is 10.9. The number of ether oxygens (including phenoxy) is 1. The van der Waals surface area contributed by atoms with Crippen molar-refractivity contribution in [1.29, 1.82) is 0 Å². The average molecular weight is 352 g/mol. The van der Waals surface area contributed by atoms with E-state index in [4.69, 9.17) is 9.29 Å². The summed E-state index contributed by atoms with van der Waals surface area (Å²) >= 11 is -0.413. The Morgan fingerprint density at radius 1 is 1.22 bits per heavy atom. The molecule has 0 heterocycles. The van der Waals surface area contributed by atoms with Crippen LogP contribution in [0.2, 0.25) is 0 Å². The number of rotatable bonds is 7. The number of benzene rings is 2. The Hall–Kier alpha value is -1.54. The summed E-state index contributed by atoms with van der Waals surface area (Å²) in [6, 6.07) is 13.2. The van der Waals surface area contributed by atoms with Crippen LogP contribution in [0.25, 0.3) is 0 Å². The van der Waals surface area contributed by atoms with Crippen molar-refractivity contribution >= 4 is 28.7 Å². The van der Waals surface area contributed by atoms with Crippen molar-refractivity contribution in [3.8, 4) is 11.5 Å². The third-order valence-corrected chi connectivity index (χ3v) is 4.19. The Labute approximate surface area is 143 Å². The first-order valence-electron chi connectivity index (χ1n) is 6.95. The van der Waals surface area contributed by atoms with Gasteiger partial charge >= 0.3 is 0 Å². The first-order valence-corrected chi connectivity index (χ1v) is 9.28. The predicted octanol–water partition coefficient (Wildman–Crippen LogP) is 3.81. The highest BCUT2D eigenvalue weighted by Gasteiger charge is 2.09. The smallest absolute Gasteiger partial charge is 0.259 e. The number of anilines is 1. The van der Waals surface area contributed by atoms with E-state index >= 15 is 0 Å². The fourth-order valence-electron chi connectivity index (χ4n) is 2.08. The van der Waals surface area contributed by atoms with Gasteiger partial charge < -0.3 is 9.64 Å². The topological polar surface area (TPSA) is 61.8 Å². The Bertz CT molecular complexity index is 676. The minimum absolute atomic E-state index is 0.577. The highest BCUT2D eigenvalue weighted by Crippen LogP contribution is 2.30. The first kappa shape index (κ1) is 17.8. The highest BCUT2D eigenvalue weighted by molar-refractivity contribution is 7.98. The van der Waals surface area contributed by atoms with E-state index in [1.54, 1.807) is 23.9 Å². The molecule has 0 spiro atoms. The van der Waals surface area contributed by atoms with Crippen molar-refractivity contribution in [2.45, 2.75) is 11.4 Å². The van der Waals surface area contributed by atoms with E-state index < -0.39 is 11.3 Å². The molecule has 124 valence electrons. The van der Waals surface area contributed by atoms with Gasteiger partial charge in [0.25, 0.3) is 11.3 Å². The lowest BCUT2D eigenvalue weighted by Gasteiger charge is -2.16. The van der Waals surface area contributed by atoms with Crippen molar-refractivity contribution in [3.05, 3.63) is 48.0 Å². The lowest BCUT2D eigenvalue weighted by atomic mass is 10.1. The van der Waals surface area contributed by atoms with E-state index in [9.17, 15) is 4.21 Å². The fraction of sp³-hybridized carbons (Fsp3) is 0.250. The largest absolute Gasteiger partial charge is 0.457 e. The van der Waals surface area contributed by atoms with Crippen molar-refractivity contribution < 1.29 is 13.5 Å². The molecule has 0 aliphatic carbocycles. The molecule has 0 amide bonds. The number of hydrogen-bond donors (Lipinski definition) is 2. The monoisotopic (exact) mass is 352 g/mol. The lowest BCUT2D eigenvalue weighted by molar-refractivity contribution is 0.388. The van der Waals surface area contributed by atoms with Gasteiger partial charge in [0.2, 0.25) is 0 Å². The Morgan fingerprint density at radius 3 is 2.48 bits per heavy atom. The normalized spacial score (nSPS) is 12.2. The van der Waals surface area contributed by atoms with E-state index in [0.717, 1.165) is 17.1 Å². The predicted molar refractivity (Wildman–Crippen MR) is 96.5 cm³/mol. The van der Waals surface area contributed by atoms with Crippen molar-refractivity contribution in [3.63, 3.8) is 0 Å². The van der Waals surface area contributed by atoms with Crippen LogP contribution < -0.4 is 9.46 Å². The van der Waals surface area contributed by atoms with Crippen LogP contribution in [0.4, 0.5) is 5.69 Å². The number of nitrogens with one attached hydrogen (secondary N) is 1. The molecule has 1 unspecified atom stereocenters. The number of thioether (sulfide) groups is 1. The summed E-state index contributed by atoms with van der Waals surface area (Å²) in [6.07, 6.45) is 2.03. The van der Waals surface area contributed by atoms with Crippen molar-refractivity contribution in [2.75, 3.05) is 25.1 Å². The molecule has 0 saturated heterocycles. The molecular weight excluding hydrogens is 332 g/mol. The van der Waals surface area contributed by atoms with Gasteiger partial charge in [0, 0.05) is 22.7 Å². The van der Waals surface area contributed by atoms with Crippen LogP contribution in [0.1, 0.15) is 5.56 Å². The molecule has 0 aliphatic heterocycles. The standard InChI is InChI=1S/C16H20N2O3S2/c1-18(2)11-12-10-13(17-23(19)20)4-9-16(12)21-14-5-7-15(22-3)8-6-14/h4-10,17H,11H2,1-3H3,(H,19,20). The summed E-state index contributed by atoms with van der Waals surface area (Å²) in [6.45, 7) is 0.659. The van der Waals surface area contributed by atoms with E-state index in [1.165, 1.54) is 4.90 Å². The van der Waals surface area contributed by atoms with Crippen molar-refractivity contribution in [1.82, 2.24) is 4.90 Å². The molecule has 0 radical (unpaired) electrons. The maximum atomic E-state index is 10.9. The molecule has 23 heavy (non-hydrogen) atoms. The molecular formula is C16H20N2O3S2. The summed E-state index contributed by atoms with van der Waals surface area (Å²) in [4.78, 5) is 3.19. The minimum atomic E-state index is -2.09. The molecule has 0 aliphatic rings. The summed E-state index contributed by atoms with van der Waals surface area (Å²) in [5, 5.41) is 0. The fourth-order valence-corrected chi connectivity index (χ4v) is 2.82. The number of nitrogens with zero attached hydrogens (tertiary/aromatic N) is 1. The van der Waals surface area contributed by atoms with Crippen LogP contribution in [0, 0.1) is 0 Å². The molecule has 0 fully saturated rings. The molecule has 2 aromatic carbocycles. The van der Waals surface area contributed by atoms with Crippen molar-refractivity contribution in [2.24, 2.45) is 0 Å². The first-order chi connectivity index (χ1) is 11.0. The molecule has 0 bridgehead atoms. The van der Waals surface area contributed by atoms with Crippen LogP contribution in [0.5, 0.6) is 11.5 Å². The second-order valence-electron chi connectivity index (χ2n) is 5.19. The number of hydrogen-bond acceptors (Lipinski definition) is 4. The van der Waals surface area contributed by atoms with Crippen LogP contribution >= 0.6 is 11.8 Å². The summed E-state index contributed by atoms with van der Waals surface area (Å²) in [5.74, 6) is 1.49. The summed E-state index contributed by atoms with van der Waals surface area (Å²) in [5.41, 5.74) is 1.51. The van der Waals surface area contributed by atoms with Gasteiger partial charge in [-0.15, -0.1) is 11.8 Å². The zero-order valence-electron chi connectivity index (χ0n) is 13.3.